The van der Waals surface area contributed by atoms with Crippen LogP contribution >= 0.6 is 11.8 Å². The average Bonchev–Trinajstić information content (AvgIpc) is 2.86. The van der Waals surface area contributed by atoms with Gasteiger partial charge in [0.2, 0.25) is 11.7 Å². The Balaban J connectivity index is 2.18. The van der Waals surface area contributed by atoms with Gasteiger partial charge in [0.1, 0.15) is 5.69 Å². The molecule has 18 heavy (non-hydrogen) atoms. The van der Waals surface area contributed by atoms with Crippen LogP contribution in [0, 0.1) is 6.92 Å². The van der Waals surface area contributed by atoms with Crippen molar-refractivity contribution in [1.82, 2.24) is 15.1 Å². The molecule has 1 atom stereocenters. The van der Waals surface area contributed by atoms with E-state index in [-0.39, 0.29) is 6.04 Å². The molecule has 0 saturated carbocycles. The molecular weight excluding hydrogens is 248 g/mol. The number of hydrogen-bond acceptors (Lipinski definition) is 6. The lowest BCUT2D eigenvalue weighted by molar-refractivity contribution is 0.353. The van der Waals surface area contributed by atoms with E-state index < -0.39 is 0 Å². The Morgan fingerprint density at radius 1 is 1.50 bits per heavy atom. The Hall–Kier alpha value is -1.40. The van der Waals surface area contributed by atoms with Crippen LogP contribution in [0.1, 0.15) is 23.9 Å². The third-order valence-corrected chi connectivity index (χ3v) is 3.26. The molecule has 0 aliphatic carbocycles. The summed E-state index contributed by atoms with van der Waals surface area (Å²) in [6.45, 7) is 1.96. The predicted octanol–water partition coefficient (Wildman–Crippen LogP) is 2.19. The normalized spacial score (nSPS) is 12.6. The van der Waals surface area contributed by atoms with Gasteiger partial charge in [-0.3, -0.25) is 4.98 Å². The van der Waals surface area contributed by atoms with Crippen LogP contribution in [0.3, 0.4) is 0 Å². The minimum absolute atomic E-state index is 0.206. The largest absolute Gasteiger partial charge is 0.337 e. The minimum atomic E-state index is -0.206. The van der Waals surface area contributed by atoms with Gasteiger partial charge in [-0.05, 0) is 37.0 Å². The number of pyridine rings is 1. The van der Waals surface area contributed by atoms with Crippen molar-refractivity contribution in [2.45, 2.75) is 19.4 Å². The summed E-state index contributed by atoms with van der Waals surface area (Å²) >= 11 is 1.75. The van der Waals surface area contributed by atoms with E-state index in [0.717, 1.165) is 23.4 Å². The van der Waals surface area contributed by atoms with Crippen molar-refractivity contribution < 1.29 is 4.52 Å². The minimum Gasteiger partial charge on any atom is -0.337 e. The van der Waals surface area contributed by atoms with Crippen molar-refractivity contribution in [2.75, 3.05) is 12.0 Å². The van der Waals surface area contributed by atoms with Gasteiger partial charge >= 0.3 is 0 Å². The Bertz CT molecular complexity index is 514. The molecule has 96 valence electrons. The third-order valence-electron chi connectivity index (χ3n) is 2.61. The van der Waals surface area contributed by atoms with Crippen LogP contribution in [0.2, 0.25) is 0 Å². The van der Waals surface area contributed by atoms with E-state index in [0.29, 0.717) is 11.7 Å². The maximum Gasteiger partial charge on any atom is 0.243 e. The highest BCUT2D eigenvalue weighted by molar-refractivity contribution is 7.98. The van der Waals surface area contributed by atoms with Gasteiger partial charge in [0.15, 0.2) is 0 Å². The molecule has 5 nitrogen and oxygen atoms in total. The molecule has 2 N–H and O–H groups in total. The van der Waals surface area contributed by atoms with E-state index in [1.54, 1.807) is 18.0 Å². The summed E-state index contributed by atoms with van der Waals surface area (Å²) in [4.78, 5) is 8.57. The van der Waals surface area contributed by atoms with Crippen molar-refractivity contribution >= 4 is 11.8 Å². The molecule has 2 aromatic rings. The molecule has 0 radical (unpaired) electrons. The molecular formula is C12H16N4OS. The van der Waals surface area contributed by atoms with Gasteiger partial charge in [-0.2, -0.15) is 16.7 Å². The Morgan fingerprint density at radius 2 is 2.33 bits per heavy atom. The number of nitrogens with two attached hydrogens (primary N) is 1. The fourth-order valence-electron chi connectivity index (χ4n) is 1.57. The van der Waals surface area contributed by atoms with Crippen LogP contribution in [-0.4, -0.2) is 27.1 Å². The van der Waals surface area contributed by atoms with Crippen molar-refractivity contribution in [3.8, 4) is 11.5 Å². The number of aryl methyl sites for hydroxylation is 1. The fraction of sp³-hybridized carbons (Fsp3) is 0.417. The van der Waals surface area contributed by atoms with E-state index >= 15 is 0 Å². The summed E-state index contributed by atoms with van der Waals surface area (Å²) in [7, 11) is 0. The summed E-state index contributed by atoms with van der Waals surface area (Å²) in [6.07, 6.45) is 4.58. The van der Waals surface area contributed by atoms with Gasteiger partial charge in [0.05, 0.1) is 6.04 Å². The standard InChI is InChI=1S/C12H16N4OS/c1-8-4-3-6-14-10(8)11-15-12(17-16-11)9(13)5-7-18-2/h3-4,6,9H,5,7,13H2,1-2H3/t9-/m0/s1. The van der Waals surface area contributed by atoms with Crippen LogP contribution in [0.15, 0.2) is 22.9 Å². The van der Waals surface area contributed by atoms with Crippen LogP contribution in [0.5, 0.6) is 0 Å². The highest BCUT2D eigenvalue weighted by Crippen LogP contribution is 2.20. The monoisotopic (exact) mass is 264 g/mol. The van der Waals surface area contributed by atoms with E-state index in [2.05, 4.69) is 15.1 Å². The fourth-order valence-corrected chi connectivity index (χ4v) is 2.06. The molecule has 2 aromatic heterocycles. The first kappa shape index (κ1) is 13.0. The van der Waals surface area contributed by atoms with E-state index in [1.165, 1.54) is 0 Å². The Morgan fingerprint density at radius 3 is 3.06 bits per heavy atom. The van der Waals surface area contributed by atoms with Crippen LogP contribution in [-0.2, 0) is 0 Å². The number of hydrogen-bond donors (Lipinski definition) is 1. The summed E-state index contributed by atoms with van der Waals surface area (Å²) in [5, 5.41) is 3.94. The average molecular weight is 264 g/mol. The number of thioether (sulfide) groups is 1. The summed E-state index contributed by atoms with van der Waals surface area (Å²) in [5.41, 5.74) is 7.74. The van der Waals surface area contributed by atoms with Gasteiger partial charge in [0.25, 0.3) is 0 Å². The third kappa shape index (κ3) is 2.88. The number of nitrogens with zero attached hydrogens (tertiary/aromatic N) is 3. The lowest BCUT2D eigenvalue weighted by atomic mass is 10.2. The first-order valence-corrected chi connectivity index (χ1v) is 7.12. The SMILES string of the molecule is CSCC[C@H](N)c1nc(-c2ncccc2C)no1. The summed E-state index contributed by atoms with van der Waals surface area (Å²) < 4.78 is 5.20. The number of aromatic nitrogens is 3. The highest BCUT2D eigenvalue weighted by Gasteiger charge is 2.16. The van der Waals surface area contributed by atoms with Gasteiger partial charge in [-0.25, -0.2) is 0 Å². The van der Waals surface area contributed by atoms with Crippen molar-refractivity contribution in [3.05, 3.63) is 29.8 Å². The topological polar surface area (TPSA) is 77.8 Å². The van der Waals surface area contributed by atoms with Gasteiger partial charge in [-0.15, -0.1) is 0 Å². The van der Waals surface area contributed by atoms with Crippen molar-refractivity contribution in [2.24, 2.45) is 5.73 Å². The van der Waals surface area contributed by atoms with Gasteiger partial charge in [0, 0.05) is 6.20 Å². The van der Waals surface area contributed by atoms with Crippen LogP contribution in [0.25, 0.3) is 11.5 Å². The van der Waals surface area contributed by atoms with Crippen LogP contribution < -0.4 is 5.73 Å². The molecule has 0 aromatic carbocycles. The molecule has 0 unspecified atom stereocenters. The maximum absolute atomic E-state index is 5.98. The molecule has 0 aliphatic rings. The summed E-state index contributed by atoms with van der Waals surface area (Å²) in [6, 6.07) is 3.64. The lowest BCUT2D eigenvalue weighted by Gasteiger charge is -2.03. The zero-order chi connectivity index (χ0) is 13.0. The molecule has 0 spiro atoms. The van der Waals surface area contributed by atoms with E-state index in [1.807, 2.05) is 25.3 Å². The second-order valence-corrected chi connectivity index (χ2v) is 5.00. The first-order chi connectivity index (χ1) is 8.72. The van der Waals surface area contributed by atoms with Gasteiger partial charge < -0.3 is 10.3 Å². The Kier molecular flexibility index (Phi) is 4.33. The molecule has 0 bridgehead atoms. The predicted molar refractivity (Wildman–Crippen MR) is 72.2 cm³/mol. The second kappa shape index (κ2) is 5.97. The molecule has 6 heteroatoms. The van der Waals surface area contributed by atoms with Crippen LogP contribution in [0.4, 0.5) is 0 Å². The van der Waals surface area contributed by atoms with Gasteiger partial charge in [-0.1, -0.05) is 11.2 Å². The quantitative estimate of drug-likeness (QED) is 0.892. The Labute approximate surface area is 110 Å². The van der Waals surface area contributed by atoms with E-state index in [4.69, 9.17) is 10.3 Å². The number of rotatable bonds is 5. The second-order valence-electron chi connectivity index (χ2n) is 4.01. The summed E-state index contributed by atoms with van der Waals surface area (Å²) in [5.74, 6) is 1.95. The molecule has 0 aliphatic heterocycles. The smallest absolute Gasteiger partial charge is 0.243 e. The zero-order valence-electron chi connectivity index (χ0n) is 10.5. The van der Waals surface area contributed by atoms with Crippen molar-refractivity contribution in [1.29, 1.82) is 0 Å². The molecule has 0 fully saturated rings. The molecule has 2 rings (SSSR count). The lowest BCUT2D eigenvalue weighted by Crippen LogP contribution is -2.11. The molecule has 0 saturated heterocycles. The van der Waals surface area contributed by atoms with E-state index in [9.17, 15) is 0 Å². The zero-order valence-corrected chi connectivity index (χ0v) is 11.3. The highest BCUT2D eigenvalue weighted by atomic mass is 32.2. The maximum atomic E-state index is 5.98. The molecule has 2 heterocycles. The molecule has 0 amide bonds. The van der Waals surface area contributed by atoms with Crippen molar-refractivity contribution in [3.63, 3.8) is 0 Å². The first-order valence-electron chi connectivity index (χ1n) is 5.72.